The van der Waals surface area contributed by atoms with E-state index in [0.29, 0.717) is 5.69 Å². The third-order valence-corrected chi connectivity index (χ3v) is 3.97. The van der Waals surface area contributed by atoms with Gasteiger partial charge in [-0.3, -0.25) is 4.79 Å². The maximum Gasteiger partial charge on any atom is 0.271 e. The monoisotopic (exact) mass is 306 g/mol. The summed E-state index contributed by atoms with van der Waals surface area (Å²) in [6.07, 6.45) is 0. The van der Waals surface area contributed by atoms with Crippen LogP contribution in [0.15, 0.2) is 29.6 Å². The summed E-state index contributed by atoms with van der Waals surface area (Å²) < 4.78 is 13.1. The number of aromatic nitrogens is 1. The van der Waals surface area contributed by atoms with Gasteiger partial charge in [-0.15, -0.1) is 11.3 Å². The van der Waals surface area contributed by atoms with E-state index in [1.54, 1.807) is 17.5 Å². The molecule has 1 unspecified atom stereocenters. The van der Waals surface area contributed by atoms with Gasteiger partial charge in [0.2, 0.25) is 0 Å². The summed E-state index contributed by atoms with van der Waals surface area (Å²) in [6.45, 7) is 7.97. The highest BCUT2D eigenvalue weighted by molar-refractivity contribution is 7.09. The van der Waals surface area contributed by atoms with E-state index in [1.165, 1.54) is 23.5 Å². The normalized spacial score (nSPS) is 13.0. The molecule has 1 heterocycles. The lowest BCUT2D eigenvalue weighted by atomic mass is 9.82. The summed E-state index contributed by atoms with van der Waals surface area (Å²) in [5.74, 6) is -0.489. The van der Waals surface area contributed by atoms with Gasteiger partial charge in [0.1, 0.15) is 11.5 Å². The third-order valence-electron chi connectivity index (χ3n) is 3.20. The molecule has 0 saturated carbocycles. The molecule has 0 aliphatic heterocycles. The Morgan fingerprint density at radius 3 is 2.38 bits per heavy atom. The Balaban J connectivity index is 2.25. The molecule has 2 rings (SSSR count). The largest absolute Gasteiger partial charge is 0.343 e. The molecule has 1 N–H and O–H groups in total. The number of hydrogen-bond donors (Lipinski definition) is 1. The van der Waals surface area contributed by atoms with E-state index in [0.717, 1.165) is 10.6 Å². The summed E-state index contributed by atoms with van der Waals surface area (Å²) in [7, 11) is 0. The number of thiazole rings is 1. The fourth-order valence-corrected chi connectivity index (χ4v) is 2.72. The second-order valence-corrected chi connectivity index (χ2v) is 7.14. The van der Waals surface area contributed by atoms with Gasteiger partial charge in [0.15, 0.2) is 0 Å². The van der Waals surface area contributed by atoms with Crippen molar-refractivity contribution in [2.45, 2.75) is 33.7 Å². The van der Waals surface area contributed by atoms with Gasteiger partial charge < -0.3 is 5.32 Å². The van der Waals surface area contributed by atoms with Crippen LogP contribution in [0, 0.1) is 18.2 Å². The lowest BCUT2D eigenvalue weighted by molar-refractivity contribution is 0.0897. The van der Waals surface area contributed by atoms with Crippen LogP contribution in [0.3, 0.4) is 0 Å². The fraction of sp³-hybridized carbons (Fsp3) is 0.375. The van der Waals surface area contributed by atoms with E-state index in [1.807, 2.05) is 27.7 Å². The Bertz CT molecular complexity index is 628. The fourth-order valence-electron chi connectivity index (χ4n) is 2.13. The van der Waals surface area contributed by atoms with Crippen molar-refractivity contribution in [3.63, 3.8) is 0 Å². The maximum absolute atomic E-state index is 13.1. The first-order chi connectivity index (χ1) is 9.77. The Morgan fingerprint density at radius 2 is 1.90 bits per heavy atom. The first-order valence-corrected chi connectivity index (χ1v) is 7.64. The molecule has 1 atom stereocenters. The third kappa shape index (κ3) is 3.88. The van der Waals surface area contributed by atoms with Gasteiger partial charge in [0.05, 0.1) is 11.0 Å². The average Bonchev–Trinajstić information content (AvgIpc) is 2.82. The molecule has 1 aromatic heterocycles. The minimum absolute atomic E-state index is 0.196. The van der Waals surface area contributed by atoms with Gasteiger partial charge >= 0.3 is 0 Å². The first kappa shape index (κ1) is 15.6. The molecule has 0 saturated heterocycles. The minimum atomic E-state index is -0.284. The topological polar surface area (TPSA) is 42.0 Å². The van der Waals surface area contributed by atoms with Crippen molar-refractivity contribution in [2.75, 3.05) is 0 Å². The van der Waals surface area contributed by atoms with Crippen molar-refractivity contribution in [3.8, 4) is 0 Å². The summed E-state index contributed by atoms with van der Waals surface area (Å²) in [4.78, 5) is 16.5. The van der Waals surface area contributed by atoms with E-state index < -0.39 is 0 Å². The molecular weight excluding hydrogens is 287 g/mol. The Hall–Kier alpha value is -1.75. The number of carbonyl (C=O) groups excluding carboxylic acids is 1. The quantitative estimate of drug-likeness (QED) is 0.927. The van der Waals surface area contributed by atoms with E-state index in [2.05, 4.69) is 10.3 Å². The Kier molecular flexibility index (Phi) is 4.42. The van der Waals surface area contributed by atoms with Crippen LogP contribution in [-0.4, -0.2) is 10.9 Å². The highest BCUT2D eigenvalue weighted by Gasteiger charge is 2.28. The predicted molar refractivity (Wildman–Crippen MR) is 82.9 cm³/mol. The van der Waals surface area contributed by atoms with Crippen LogP contribution in [0.2, 0.25) is 0 Å². The van der Waals surface area contributed by atoms with Crippen LogP contribution in [0.1, 0.15) is 47.9 Å². The summed E-state index contributed by atoms with van der Waals surface area (Å²) in [5.41, 5.74) is 1.11. The molecule has 1 amide bonds. The number of amides is 1. The molecule has 0 radical (unpaired) electrons. The number of nitrogens with one attached hydrogen (secondary N) is 1. The molecule has 2 aromatic rings. The van der Waals surface area contributed by atoms with Crippen molar-refractivity contribution >= 4 is 17.2 Å². The SMILES string of the molecule is Cc1nc(C(=O)NC(c2ccc(F)cc2)C(C)(C)C)cs1. The zero-order valence-corrected chi connectivity index (χ0v) is 13.4. The van der Waals surface area contributed by atoms with Gasteiger partial charge in [-0.05, 0) is 30.0 Å². The molecule has 3 nitrogen and oxygen atoms in total. The van der Waals surface area contributed by atoms with Crippen molar-refractivity contribution in [1.29, 1.82) is 0 Å². The average molecular weight is 306 g/mol. The zero-order chi connectivity index (χ0) is 15.6. The second-order valence-electron chi connectivity index (χ2n) is 6.08. The number of carbonyl (C=O) groups is 1. The number of benzene rings is 1. The molecule has 0 aliphatic rings. The smallest absolute Gasteiger partial charge is 0.271 e. The van der Waals surface area contributed by atoms with Gasteiger partial charge in [-0.1, -0.05) is 32.9 Å². The van der Waals surface area contributed by atoms with Crippen molar-refractivity contribution in [2.24, 2.45) is 5.41 Å². The number of hydrogen-bond acceptors (Lipinski definition) is 3. The molecule has 0 fully saturated rings. The van der Waals surface area contributed by atoms with E-state index in [4.69, 9.17) is 0 Å². The second kappa shape index (κ2) is 5.93. The van der Waals surface area contributed by atoms with Crippen LogP contribution in [0.5, 0.6) is 0 Å². The lowest BCUT2D eigenvalue weighted by Gasteiger charge is -2.31. The molecule has 0 bridgehead atoms. The standard InChI is InChI=1S/C16H19FN2OS/c1-10-18-13(9-21-10)15(20)19-14(16(2,3)4)11-5-7-12(17)8-6-11/h5-9,14H,1-4H3,(H,19,20). The predicted octanol–water partition coefficient (Wildman–Crippen LogP) is 4.11. The maximum atomic E-state index is 13.1. The molecule has 1 aromatic carbocycles. The Labute approximate surface area is 128 Å². The molecule has 5 heteroatoms. The number of nitrogens with zero attached hydrogens (tertiary/aromatic N) is 1. The lowest BCUT2D eigenvalue weighted by Crippen LogP contribution is -2.36. The van der Waals surface area contributed by atoms with Crippen LogP contribution >= 0.6 is 11.3 Å². The molecule has 0 spiro atoms. The van der Waals surface area contributed by atoms with Crippen molar-refractivity contribution in [1.82, 2.24) is 10.3 Å². The number of aryl methyl sites for hydroxylation is 1. The molecular formula is C16H19FN2OS. The molecule has 21 heavy (non-hydrogen) atoms. The molecule has 0 aliphatic carbocycles. The summed E-state index contributed by atoms with van der Waals surface area (Å²) in [6, 6.07) is 6.02. The van der Waals surface area contributed by atoms with Gasteiger partial charge in [-0.25, -0.2) is 9.37 Å². The first-order valence-electron chi connectivity index (χ1n) is 6.76. The number of rotatable bonds is 3. The number of halogens is 1. The van der Waals surface area contributed by atoms with Crippen molar-refractivity contribution in [3.05, 3.63) is 51.7 Å². The van der Waals surface area contributed by atoms with Gasteiger partial charge in [0.25, 0.3) is 5.91 Å². The molecule has 112 valence electrons. The highest BCUT2D eigenvalue weighted by atomic mass is 32.1. The van der Waals surface area contributed by atoms with Crippen LogP contribution < -0.4 is 5.32 Å². The van der Waals surface area contributed by atoms with Crippen LogP contribution in [0.25, 0.3) is 0 Å². The van der Waals surface area contributed by atoms with E-state index >= 15 is 0 Å². The zero-order valence-electron chi connectivity index (χ0n) is 12.6. The Morgan fingerprint density at radius 1 is 1.29 bits per heavy atom. The highest BCUT2D eigenvalue weighted by Crippen LogP contribution is 2.33. The van der Waals surface area contributed by atoms with Crippen molar-refractivity contribution < 1.29 is 9.18 Å². The summed E-state index contributed by atoms with van der Waals surface area (Å²) in [5, 5.41) is 5.61. The van der Waals surface area contributed by atoms with Crippen LogP contribution in [-0.2, 0) is 0 Å². The van der Waals surface area contributed by atoms with E-state index in [-0.39, 0.29) is 23.2 Å². The minimum Gasteiger partial charge on any atom is -0.343 e. The van der Waals surface area contributed by atoms with Crippen LogP contribution in [0.4, 0.5) is 4.39 Å². The summed E-state index contributed by atoms with van der Waals surface area (Å²) >= 11 is 1.44. The van der Waals surface area contributed by atoms with E-state index in [9.17, 15) is 9.18 Å². The van der Waals surface area contributed by atoms with Gasteiger partial charge in [0, 0.05) is 5.38 Å². The van der Waals surface area contributed by atoms with Gasteiger partial charge in [-0.2, -0.15) is 0 Å².